The van der Waals surface area contributed by atoms with Crippen LogP contribution in [0, 0.1) is 0 Å². The summed E-state index contributed by atoms with van der Waals surface area (Å²) in [5.74, 6) is 0.664. The molecule has 0 aliphatic carbocycles. The first-order chi connectivity index (χ1) is 14.7. The molecule has 0 aromatic heterocycles. The van der Waals surface area contributed by atoms with Gasteiger partial charge in [0.15, 0.2) is 6.61 Å². The average Bonchev–Trinajstić information content (AvgIpc) is 2.75. The van der Waals surface area contributed by atoms with Crippen LogP contribution in [0.5, 0.6) is 5.75 Å². The van der Waals surface area contributed by atoms with E-state index in [9.17, 15) is 9.59 Å². The van der Waals surface area contributed by atoms with Crippen molar-refractivity contribution in [3.8, 4) is 5.75 Å². The van der Waals surface area contributed by atoms with Gasteiger partial charge in [-0.2, -0.15) is 0 Å². The van der Waals surface area contributed by atoms with Crippen LogP contribution in [0.3, 0.4) is 0 Å². The number of hydrogen-bond acceptors (Lipinski definition) is 3. The number of nitrogens with zero attached hydrogens (tertiary/aromatic N) is 1. The van der Waals surface area contributed by atoms with Crippen molar-refractivity contribution >= 4 is 27.7 Å². The van der Waals surface area contributed by atoms with Crippen molar-refractivity contribution in [2.24, 2.45) is 0 Å². The molecule has 0 aliphatic rings. The summed E-state index contributed by atoms with van der Waals surface area (Å²) in [7, 11) is 0. The third-order valence-electron chi connectivity index (χ3n) is 5.32. The van der Waals surface area contributed by atoms with Crippen molar-refractivity contribution in [1.29, 1.82) is 0 Å². The molecule has 5 nitrogen and oxygen atoms in total. The number of ether oxygens (including phenoxy) is 1. The minimum atomic E-state index is -0.618. The fourth-order valence-electron chi connectivity index (χ4n) is 3.06. The van der Waals surface area contributed by atoms with Crippen molar-refractivity contribution < 1.29 is 14.3 Å². The summed E-state index contributed by atoms with van der Waals surface area (Å²) >= 11 is 3.47. The van der Waals surface area contributed by atoms with Gasteiger partial charge in [-0.05, 0) is 61.6 Å². The van der Waals surface area contributed by atoms with E-state index in [1.165, 1.54) is 5.56 Å². The van der Waals surface area contributed by atoms with Gasteiger partial charge < -0.3 is 15.0 Å². The Morgan fingerprint density at radius 2 is 1.74 bits per heavy atom. The summed E-state index contributed by atoms with van der Waals surface area (Å²) in [4.78, 5) is 27.4. The number of amides is 2. The fourth-order valence-corrected chi connectivity index (χ4v) is 3.50. The zero-order valence-corrected chi connectivity index (χ0v) is 20.6. The normalized spacial score (nSPS) is 12.9. The van der Waals surface area contributed by atoms with Crippen LogP contribution >= 0.6 is 15.9 Å². The molecule has 0 spiro atoms. The molecule has 2 rings (SSSR count). The first-order valence-corrected chi connectivity index (χ1v) is 11.6. The molecule has 2 atom stereocenters. The second-order valence-electron chi connectivity index (χ2n) is 8.16. The van der Waals surface area contributed by atoms with Crippen LogP contribution in [-0.4, -0.2) is 35.4 Å². The van der Waals surface area contributed by atoms with Crippen molar-refractivity contribution in [1.82, 2.24) is 10.2 Å². The maximum Gasteiger partial charge on any atom is 0.261 e. The lowest BCUT2D eigenvalue weighted by Crippen LogP contribution is -2.50. The maximum absolute atomic E-state index is 13.1. The van der Waals surface area contributed by atoms with Gasteiger partial charge in [-0.15, -0.1) is 0 Å². The summed E-state index contributed by atoms with van der Waals surface area (Å²) in [6, 6.07) is 14.9. The maximum atomic E-state index is 13.1. The zero-order chi connectivity index (χ0) is 23.0. The quantitative estimate of drug-likeness (QED) is 0.494. The minimum absolute atomic E-state index is 0.0495. The van der Waals surface area contributed by atoms with Crippen molar-refractivity contribution in [2.45, 2.75) is 65.6 Å². The standard InChI is InChI=1S/C25H33BrN2O3/c1-6-18(4)27-25(30)19(5)28(15-20-8-7-9-22(26)14-20)24(29)16-31-23-12-10-21(11-13-23)17(2)3/h7-14,17-19H,6,15-16H2,1-5H3,(H,27,30). The lowest BCUT2D eigenvalue weighted by atomic mass is 10.0. The van der Waals surface area contributed by atoms with E-state index in [0.717, 1.165) is 16.5 Å². The van der Waals surface area contributed by atoms with E-state index in [1.54, 1.807) is 11.8 Å². The predicted molar refractivity (Wildman–Crippen MR) is 128 cm³/mol. The molecule has 31 heavy (non-hydrogen) atoms. The number of benzene rings is 2. The number of rotatable bonds is 10. The molecule has 2 aromatic rings. The summed E-state index contributed by atoms with van der Waals surface area (Å²) in [6.07, 6.45) is 0.827. The second kappa shape index (κ2) is 11.9. The van der Waals surface area contributed by atoms with Crippen molar-refractivity contribution in [2.75, 3.05) is 6.61 Å². The van der Waals surface area contributed by atoms with E-state index in [4.69, 9.17) is 4.74 Å². The number of halogens is 1. The Morgan fingerprint density at radius 1 is 1.06 bits per heavy atom. The van der Waals surface area contributed by atoms with E-state index in [0.29, 0.717) is 18.2 Å². The SMILES string of the molecule is CCC(C)NC(=O)C(C)N(Cc1cccc(Br)c1)C(=O)COc1ccc(C(C)C)cc1. The van der Waals surface area contributed by atoms with Crippen LogP contribution < -0.4 is 10.1 Å². The zero-order valence-electron chi connectivity index (χ0n) is 19.0. The van der Waals surface area contributed by atoms with Crippen LogP contribution in [0.25, 0.3) is 0 Å². The molecule has 0 bridgehead atoms. The van der Waals surface area contributed by atoms with E-state index in [1.807, 2.05) is 62.4 Å². The molecule has 2 amide bonds. The summed E-state index contributed by atoms with van der Waals surface area (Å²) in [5, 5.41) is 2.97. The van der Waals surface area contributed by atoms with Gasteiger partial charge in [0.05, 0.1) is 0 Å². The van der Waals surface area contributed by atoms with E-state index >= 15 is 0 Å². The minimum Gasteiger partial charge on any atom is -0.484 e. The van der Waals surface area contributed by atoms with Crippen molar-refractivity contribution in [3.05, 3.63) is 64.1 Å². The Labute approximate surface area is 194 Å². The largest absolute Gasteiger partial charge is 0.484 e. The summed E-state index contributed by atoms with van der Waals surface area (Å²) < 4.78 is 6.67. The number of hydrogen-bond donors (Lipinski definition) is 1. The van der Waals surface area contributed by atoms with Gasteiger partial charge in [-0.25, -0.2) is 0 Å². The van der Waals surface area contributed by atoms with E-state index < -0.39 is 6.04 Å². The van der Waals surface area contributed by atoms with Crippen LogP contribution in [-0.2, 0) is 16.1 Å². The number of nitrogens with one attached hydrogen (secondary N) is 1. The van der Waals surface area contributed by atoms with Crippen LogP contribution in [0.15, 0.2) is 53.0 Å². The average molecular weight is 489 g/mol. The Morgan fingerprint density at radius 3 is 2.32 bits per heavy atom. The molecule has 168 valence electrons. The van der Waals surface area contributed by atoms with Crippen LogP contribution in [0.1, 0.15) is 58.1 Å². The molecule has 0 aliphatic heterocycles. The van der Waals surface area contributed by atoms with E-state index in [2.05, 4.69) is 35.1 Å². The molecular formula is C25H33BrN2O3. The first-order valence-electron chi connectivity index (χ1n) is 10.8. The number of carbonyl (C=O) groups is 2. The summed E-state index contributed by atoms with van der Waals surface area (Å²) in [6.45, 7) is 10.2. The molecule has 0 saturated carbocycles. The van der Waals surface area contributed by atoms with E-state index in [-0.39, 0.29) is 24.5 Å². The lowest BCUT2D eigenvalue weighted by molar-refractivity contribution is -0.142. The molecule has 0 radical (unpaired) electrons. The summed E-state index contributed by atoms with van der Waals surface area (Å²) in [5.41, 5.74) is 2.15. The van der Waals surface area contributed by atoms with Crippen LogP contribution in [0.2, 0.25) is 0 Å². The molecule has 1 N–H and O–H groups in total. The number of carbonyl (C=O) groups excluding carboxylic acids is 2. The Hall–Kier alpha value is -2.34. The molecular weight excluding hydrogens is 456 g/mol. The van der Waals surface area contributed by atoms with Gasteiger partial charge in [-0.1, -0.05) is 61.0 Å². The highest BCUT2D eigenvalue weighted by Gasteiger charge is 2.27. The molecule has 0 fully saturated rings. The van der Waals surface area contributed by atoms with Gasteiger partial charge in [0.25, 0.3) is 5.91 Å². The van der Waals surface area contributed by atoms with Gasteiger partial charge in [0.2, 0.25) is 5.91 Å². The lowest BCUT2D eigenvalue weighted by Gasteiger charge is -2.29. The second-order valence-corrected chi connectivity index (χ2v) is 9.07. The molecule has 6 heteroatoms. The van der Waals surface area contributed by atoms with Gasteiger partial charge >= 0.3 is 0 Å². The third-order valence-corrected chi connectivity index (χ3v) is 5.81. The third kappa shape index (κ3) is 7.69. The molecule has 0 saturated heterocycles. The molecule has 0 heterocycles. The van der Waals surface area contributed by atoms with Gasteiger partial charge in [0.1, 0.15) is 11.8 Å². The van der Waals surface area contributed by atoms with Gasteiger partial charge in [0, 0.05) is 17.1 Å². The Balaban J connectivity index is 2.13. The van der Waals surface area contributed by atoms with Gasteiger partial charge in [-0.3, -0.25) is 9.59 Å². The Bertz CT molecular complexity index is 867. The smallest absolute Gasteiger partial charge is 0.261 e. The van der Waals surface area contributed by atoms with Crippen molar-refractivity contribution in [3.63, 3.8) is 0 Å². The first kappa shape index (κ1) is 24.9. The van der Waals surface area contributed by atoms with Crippen LogP contribution in [0.4, 0.5) is 0 Å². The molecule has 2 aromatic carbocycles. The topological polar surface area (TPSA) is 58.6 Å². The Kier molecular flexibility index (Phi) is 9.56. The predicted octanol–water partition coefficient (Wildman–Crippen LogP) is 5.28. The highest BCUT2D eigenvalue weighted by atomic mass is 79.9. The highest BCUT2D eigenvalue weighted by molar-refractivity contribution is 9.10. The fraction of sp³-hybridized carbons (Fsp3) is 0.440. The highest BCUT2D eigenvalue weighted by Crippen LogP contribution is 2.19. The molecule has 2 unspecified atom stereocenters. The monoisotopic (exact) mass is 488 g/mol.